The van der Waals surface area contributed by atoms with Gasteiger partial charge in [-0.2, -0.15) is 0 Å². The molecule has 1 saturated heterocycles. The molecule has 0 amide bonds. The first kappa shape index (κ1) is 21.7. The Bertz CT molecular complexity index is 836. The van der Waals surface area contributed by atoms with Crippen LogP contribution in [0.1, 0.15) is 37.3 Å². The molecule has 0 aromatic carbocycles. The number of nitrogens with zero attached hydrogens (tertiary/aromatic N) is 4. The van der Waals surface area contributed by atoms with Crippen molar-refractivity contribution in [2.45, 2.75) is 70.1 Å². The molecule has 0 bridgehead atoms. The SMILES string of the molecule is C[Si](C)(C)CCOCn1c(C2CCC(N)CC2)cc2c(N3CCOCC3)ncnc21. The fourth-order valence-corrected chi connectivity index (χ4v) is 5.28. The van der Waals surface area contributed by atoms with E-state index >= 15 is 0 Å². The Balaban J connectivity index is 1.64. The van der Waals surface area contributed by atoms with Crippen LogP contribution in [-0.2, 0) is 16.2 Å². The van der Waals surface area contributed by atoms with E-state index in [1.807, 2.05) is 0 Å². The van der Waals surface area contributed by atoms with Gasteiger partial charge in [-0.3, -0.25) is 0 Å². The highest BCUT2D eigenvalue weighted by Crippen LogP contribution is 2.37. The normalized spacial score (nSPS) is 23.3. The summed E-state index contributed by atoms with van der Waals surface area (Å²) < 4.78 is 14.0. The van der Waals surface area contributed by atoms with Gasteiger partial charge in [-0.25, -0.2) is 9.97 Å². The zero-order valence-corrected chi connectivity index (χ0v) is 19.8. The van der Waals surface area contributed by atoms with Gasteiger partial charge in [-0.15, -0.1) is 0 Å². The summed E-state index contributed by atoms with van der Waals surface area (Å²) in [5, 5.41) is 1.14. The summed E-state index contributed by atoms with van der Waals surface area (Å²) in [6, 6.07) is 3.84. The average molecular weight is 432 g/mol. The van der Waals surface area contributed by atoms with Crippen LogP contribution in [0.2, 0.25) is 25.7 Å². The molecule has 2 aromatic heterocycles. The van der Waals surface area contributed by atoms with E-state index in [2.05, 4.69) is 40.2 Å². The summed E-state index contributed by atoms with van der Waals surface area (Å²) in [6.45, 7) is 11.8. The van der Waals surface area contributed by atoms with E-state index in [4.69, 9.17) is 20.2 Å². The molecule has 1 aliphatic carbocycles. The molecule has 2 aliphatic rings. The number of ether oxygens (including phenoxy) is 2. The van der Waals surface area contributed by atoms with Crippen molar-refractivity contribution >= 4 is 24.9 Å². The molecule has 30 heavy (non-hydrogen) atoms. The van der Waals surface area contributed by atoms with Gasteiger partial charge in [-0.05, 0) is 43.7 Å². The summed E-state index contributed by atoms with van der Waals surface area (Å²) >= 11 is 0. The fourth-order valence-electron chi connectivity index (χ4n) is 4.52. The van der Waals surface area contributed by atoms with Gasteiger partial charge >= 0.3 is 0 Å². The van der Waals surface area contributed by atoms with Gasteiger partial charge in [0.2, 0.25) is 0 Å². The van der Waals surface area contributed by atoms with Crippen LogP contribution in [0, 0.1) is 0 Å². The summed E-state index contributed by atoms with van der Waals surface area (Å²) in [5.74, 6) is 1.54. The standard InChI is InChI=1S/C22H37N5O2Si/c1-30(2,3)13-12-29-16-27-20(17-4-6-18(23)7-5-17)14-19-21(24-15-25-22(19)27)26-8-10-28-11-9-26/h14-15,17-18H,4-13,16,23H2,1-3H3. The van der Waals surface area contributed by atoms with Crippen molar-refractivity contribution in [1.29, 1.82) is 0 Å². The first-order valence-corrected chi connectivity index (χ1v) is 15.1. The molecule has 4 rings (SSSR count). The van der Waals surface area contributed by atoms with Crippen molar-refractivity contribution in [1.82, 2.24) is 14.5 Å². The Morgan fingerprint density at radius 1 is 1.13 bits per heavy atom. The topological polar surface area (TPSA) is 78.4 Å². The number of aromatic nitrogens is 3. The maximum atomic E-state index is 6.18. The van der Waals surface area contributed by atoms with Gasteiger partial charge in [-0.1, -0.05) is 19.6 Å². The lowest BCUT2D eigenvalue weighted by atomic mass is 9.84. The summed E-state index contributed by atoms with van der Waals surface area (Å²) in [7, 11) is -1.11. The number of hydrogen-bond donors (Lipinski definition) is 1. The van der Waals surface area contributed by atoms with E-state index in [-0.39, 0.29) is 0 Å². The van der Waals surface area contributed by atoms with Crippen LogP contribution in [-0.4, -0.2) is 61.6 Å². The molecule has 3 heterocycles. The number of nitrogens with two attached hydrogens (primary N) is 1. The number of anilines is 1. The smallest absolute Gasteiger partial charge is 0.147 e. The molecule has 0 atom stereocenters. The summed E-state index contributed by atoms with van der Waals surface area (Å²) in [5.41, 5.74) is 8.50. The van der Waals surface area contributed by atoms with Crippen LogP contribution in [0.5, 0.6) is 0 Å². The van der Waals surface area contributed by atoms with E-state index in [1.165, 1.54) is 11.7 Å². The third kappa shape index (κ3) is 5.04. The Labute approximate surface area is 181 Å². The van der Waals surface area contributed by atoms with E-state index in [9.17, 15) is 0 Å². The second-order valence-electron chi connectivity index (χ2n) is 9.99. The van der Waals surface area contributed by atoms with E-state index in [0.29, 0.717) is 18.7 Å². The van der Waals surface area contributed by atoms with Crippen molar-refractivity contribution in [2.75, 3.05) is 37.8 Å². The van der Waals surface area contributed by atoms with Crippen LogP contribution in [0.25, 0.3) is 11.0 Å². The minimum Gasteiger partial charge on any atom is -0.378 e. The lowest BCUT2D eigenvalue weighted by molar-refractivity contribution is 0.0867. The molecular formula is C22H37N5O2Si. The third-order valence-corrected chi connectivity index (χ3v) is 8.12. The van der Waals surface area contributed by atoms with E-state index in [0.717, 1.165) is 75.4 Å². The van der Waals surface area contributed by atoms with Gasteiger partial charge in [0.25, 0.3) is 0 Å². The maximum absolute atomic E-state index is 6.18. The second-order valence-corrected chi connectivity index (χ2v) is 15.6. The van der Waals surface area contributed by atoms with Crippen LogP contribution in [0.15, 0.2) is 12.4 Å². The number of fused-ring (bicyclic) bond motifs is 1. The first-order valence-electron chi connectivity index (χ1n) is 11.4. The molecule has 8 heteroatoms. The van der Waals surface area contributed by atoms with Gasteiger partial charge < -0.3 is 24.7 Å². The molecule has 0 radical (unpaired) electrons. The molecular weight excluding hydrogens is 394 g/mol. The molecule has 1 saturated carbocycles. The highest BCUT2D eigenvalue weighted by atomic mass is 28.3. The van der Waals surface area contributed by atoms with Gasteiger partial charge in [0, 0.05) is 39.5 Å². The highest BCUT2D eigenvalue weighted by Gasteiger charge is 2.26. The minimum atomic E-state index is -1.11. The van der Waals surface area contributed by atoms with Gasteiger partial charge in [0.15, 0.2) is 0 Å². The Morgan fingerprint density at radius 3 is 2.57 bits per heavy atom. The lowest BCUT2D eigenvalue weighted by Gasteiger charge is -2.28. The zero-order chi connectivity index (χ0) is 21.1. The Kier molecular flexibility index (Phi) is 6.77. The fraction of sp³-hybridized carbons (Fsp3) is 0.727. The summed E-state index contributed by atoms with van der Waals surface area (Å²) in [6.07, 6.45) is 6.14. The number of morpholine rings is 1. The van der Waals surface area contributed by atoms with Crippen molar-refractivity contribution < 1.29 is 9.47 Å². The predicted octanol–water partition coefficient (Wildman–Crippen LogP) is 3.57. The predicted molar refractivity (Wildman–Crippen MR) is 124 cm³/mol. The van der Waals surface area contributed by atoms with Crippen molar-refractivity contribution in [2.24, 2.45) is 5.73 Å². The quantitative estimate of drug-likeness (QED) is 0.533. The van der Waals surface area contributed by atoms with Crippen LogP contribution in [0.4, 0.5) is 5.82 Å². The van der Waals surface area contributed by atoms with Crippen molar-refractivity contribution in [3.8, 4) is 0 Å². The van der Waals surface area contributed by atoms with Crippen molar-refractivity contribution in [3.63, 3.8) is 0 Å². The number of rotatable bonds is 7. The van der Waals surface area contributed by atoms with E-state index in [1.54, 1.807) is 6.33 Å². The zero-order valence-electron chi connectivity index (χ0n) is 18.8. The molecule has 2 N–H and O–H groups in total. The van der Waals surface area contributed by atoms with E-state index < -0.39 is 8.07 Å². The third-order valence-electron chi connectivity index (χ3n) is 6.42. The molecule has 2 fully saturated rings. The van der Waals surface area contributed by atoms with Crippen LogP contribution in [0.3, 0.4) is 0 Å². The molecule has 0 unspecified atom stereocenters. The molecule has 1 aliphatic heterocycles. The average Bonchev–Trinajstić information content (AvgIpc) is 3.10. The van der Waals surface area contributed by atoms with Crippen molar-refractivity contribution in [3.05, 3.63) is 18.1 Å². The molecule has 2 aromatic rings. The van der Waals surface area contributed by atoms with Crippen LogP contribution < -0.4 is 10.6 Å². The molecule has 7 nitrogen and oxygen atoms in total. The maximum Gasteiger partial charge on any atom is 0.147 e. The summed E-state index contributed by atoms with van der Waals surface area (Å²) in [4.78, 5) is 11.7. The monoisotopic (exact) mass is 431 g/mol. The van der Waals surface area contributed by atoms with Crippen LogP contribution >= 0.6 is 0 Å². The largest absolute Gasteiger partial charge is 0.378 e. The van der Waals surface area contributed by atoms with Gasteiger partial charge in [0.05, 0.1) is 18.6 Å². The number of hydrogen-bond acceptors (Lipinski definition) is 6. The highest BCUT2D eigenvalue weighted by molar-refractivity contribution is 6.76. The molecule has 166 valence electrons. The first-order chi connectivity index (χ1) is 14.4. The Hall–Kier alpha value is -1.48. The van der Waals surface area contributed by atoms with Gasteiger partial charge in [0.1, 0.15) is 24.5 Å². The Morgan fingerprint density at radius 2 is 1.87 bits per heavy atom. The second kappa shape index (κ2) is 9.34. The molecule has 0 spiro atoms. The lowest BCUT2D eigenvalue weighted by Crippen LogP contribution is -2.36. The minimum absolute atomic E-state index is 0.343.